The van der Waals surface area contributed by atoms with E-state index in [2.05, 4.69) is 83.6 Å². The highest BCUT2D eigenvalue weighted by Crippen LogP contribution is 2.45. The van der Waals surface area contributed by atoms with Gasteiger partial charge in [0.15, 0.2) is 16.4 Å². The third-order valence-electron chi connectivity index (χ3n) is 25.3. The molecule has 4 aromatic carbocycles. The van der Waals surface area contributed by atoms with Crippen LogP contribution in [0.3, 0.4) is 0 Å². The fourth-order valence-corrected chi connectivity index (χ4v) is 20.1. The Balaban J connectivity index is 0.000000136. The molecule has 40 heteroatoms. The number of anilines is 9. The number of thiazole rings is 1. The van der Waals surface area contributed by atoms with Crippen LogP contribution in [-0.4, -0.2) is 207 Å². The maximum Gasteiger partial charge on any atom is 0.406 e. The Morgan fingerprint density at radius 2 is 1.14 bits per heavy atom. The molecule has 32 nitrogen and oxygen atoms in total. The van der Waals surface area contributed by atoms with Crippen molar-refractivity contribution in [1.29, 1.82) is 0 Å². The highest BCUT2D eigenvalue weighted by atomic mass is 35.5. The van der Waals surface area contributed by atoms with Crippen LogP contribution < -0.4 is 63.3 Å². The summed E-state index contributed by atoms with van der Waals surface area (Å²) < 4.78 is 97.3. The van der Waals surface area contributed by atoms with Crippen molar-refractivity contribution in [3.63, 3.8) is 0 Å². The summed E-state index contributed by atoms with van der Waals surface area (Å²) in [4.78, 5) is 117. The molecule has 6 fully saturated rings. The van der Waals surface area contributed by atoms with Gasteiger partial charge in [-0.05, 0) is 176 Å². The van der Waals surface area contributed by atoms with Crippen LogP contribution in [0.15, 0.2) is 172 Å². The van der Waals surface area contributed by atoms with Gasteiger partial charge in [0.2, 0.25) is 23.8 Å². The van der Waals surface area contributed by atoms with Gasteiger partial charge in [0.1, 0.15) is 35.5 Å². The number of rotatable bonds is 19. The van der Waals surface area contributed by atoms with Crippen molar-refractivity contribution >= 4 is 125 Å². The molecular weight excluding hydrogens is 1810 g/mol. The van der Waals surface area contributed by atoms with Crippen molar-refractivity contribution in [3.8, 4) is 44.3 Å². The van der Waals surface area contributed by atoms with E-state index in [4.69, 9.17) is 31.5 Å². The third-order valence-corrected chi connectivity index (χ3v) is 27.7. The molecular formula is C96H102ClF5N26O6S2. The van der Waals surface area contributed by atoms with Crippen LogP contribution >= 0.6 is 33.7 Å². The lowest BCUT2D eigenvalue weighted by molar-refractivity contribution is -0.140. The SMILES string of the molecule is CC(=O)N1CCCCC1c1ccc(-c2cc3cnc(Nc4ccc(N5CCNC(C)C5)c(F)c4)nc3n(-c3ccccc3)c2=O)c(C)n1.Cc1cnc(C2CCN(S(C)(O)O)CC2)nc1-c1cc2cnc(Nc3ccc(N4CCNCC4C)c(F)c3)nc2n(CC(F)(F)F)c1=O.Cc1nc(C2CC2)ncc1-c1cc2cnc(Nc3ccc(N4CCNCC4)c(Cl)c3)nc2n(-c2nccs2)c1=O. The van der Waals surface area contributed by atoms with Gasteiger partial charge in [0.05, 0.1) is 61.9 Å². The molecule has 6 aliphatic rings. The number of alkyl halides is 3. The van der Waals surface area contributed by atoms with Crippen LogP contribution in [0.25, 0.3) is 77.4 Å². The second-order valence-electron chi connectivity index (χ2n) is 35.0. The van der Waals surface area contributed by atoms with Gasteiger partial charge >= 0.3 is 6.18 Å². The van der Waals surface area contributed by atoms with Crippen LogP contribution in [-0.2, 0) is 11.3 Å². The predicted octanol–water partition coefficient (Wildman–Crippen LogP) is 15.9. The Kier molecular flexibility index (Phi) is 27.3. The number of piperidine rings is 2. The molecule has 0 spiro atoms. The molecule has 0 bridgehead atoms. The van der Waals surface area contributed by atoms with E-state index in [-0.39, 0.29) is 81.1 Å². The number of likely N-dealkylation sites (tertiary alicyclic amines) is 1. The Hall–Kier alpha value is -13.0. The zero-order chi connectivity index (χ0) is 95.0. The zero-order valence-corrected chi connectivity index (χ0v) is 78.2. The van der Waals surface area contributed by atoms with Gasteiger partial charge in [-0.2, -0.15) is 28.1 Å². The van der Waals surface area contributed by atoms with E-state index in [0.717, 1.165) is 126 Å². The topological polar surface area (TPSA) is 367 Å². The van der Waals surface area contributed by atoms with Gasteiger partial charge in [0, 0.05) is 220 Å². The van der Waals surface area contributed by atoms with E-state index < -0.39 is 34.9 Å². The molecule has 1 aliphatic carbocycles. The zero-order valence-electron chi connectivity index (χ0n) is 75.8. The number of nitrogens with one attached hydrogen (secondary N) is 6. The van der Waals surface area contributed by atoms with E-state index in [0.29, 0.717) is 149 Å². The normalized spacial score (nSPS) is 17.6. The molecule has 5 aliphatic heterocycles. The van der Waals surface area contributed by atoms with E-state index in [1.165, 1.54) is 52.8 Å². The lowest BCUT2D eigenvalue weighted by Crippen LogP contribution is -2.50. The van der Waals surface area contributed by atoms with Crippen LogP contribution in [0.1, 0.15) is 118 Å². The Bertz CT molecular complexity index is 7020. The smallest absolute Gasteiger partial charge is 0.368 e. The number of pyridine rings is 4. The number of aryl methyl sites for hydroxylation is 3. The number of hydrogen-bond acceptors (Lipinski definition) is 29. The Morgan fingerprint density at radius 3 is 1.74 bits per heavy atom. The number of halogens is 6. The largest absolute Gasteiger partial charge is 0.406 e. The summed E-state index contributed by atoms with van der Waals surface area (Å²) in [6.07, 6.45) is 12.5. The molecule has 10 aromatic heterocycles. The molecule has 1 amide bonds. The number of benzene rings is 4. The number of nitrogens with zero attached hydrogens (tertiary/aromatic N) is 20. The summed E-state index contributed by atoms with van der Waals surface area (Å²) in [5, 5.41) is 23.8. The molecule has 20 rings (SSSR count). The fraction of sp³-hybridized carbons (Fsp3) is 0.354. The lowest BCUT2D eigenvalue weighted by atomic mass is 9.96. The first-order chi connectivity index (χ1) is 65.5. The molecule has 706 valence electrons. The molecule has 5 saturated heterocycles. The highest BCUT2D eigenvalue weighted by molar-refractivity contribution is 8.21. The highest BCUT2D eigenvalue weighted by Gasteiger charge is 2.35. The predicted molar refractivity (Wildman–Crippen MR) is 522 cm³/mol. The average molecular weight is 1910 g/mol. The first-order valence-electron chi connectivity index (χ1n) is 45.3. The summed E-state index contributed by atoms with van der Waals surface area (Å²) in [5.41, 5.74) is 8.73. The number of para-hydroxylation sites is 1. The van der Waals surface area contributed by atoms with Gasteiger partial charge in [-0.25, -0.2) is 57.5 Å². The number of carbonyl (C=O) groups is 1. The van der Waals surface area contributed by atoms with E-state index in [9.17, 15) is 41.5 Å². The summed E-state index contributed by atoms with van der Waals surface area (Å²) in [7, 11) is -2.85. The van der Waals surface area contributed by atoms with Crippen molar-refractivity contribution in [3.05, 3.63) is 240 Å². The quantitative estimate of drug-likeness (QED) is 0.0349. The second-order valence-corrected chi connectivity index (χ2v) is 38.4. The summed E-state index contributed by atoms with van der Waals surface area (Å²) >= 11 is 8.02. The van der Waals surface area contributed by atoms with Gasteiger partial charge in [-0.1, -0.05) is 35.9 Å². The maximum absolute atomic E-state index is 15.3. The molecule has 1 saturated carbocycles. The summed E-state index contributed by atoms with van der Waals surface area (Å²) in [6, 6.07) is 34.0. The van der Waals surface area contributed by atoms with Crippen LogP contribution in [0, 0.1) is 32.4 Å². The van der Waals surface area contributed by atoms with Crippen LogP contribution in [0.2, 0.25) is 5.02 Å². The minimum atomic E-state index is -4.75. The van der Waals surface area contributed by atoms with E-state index >= 15 is 8.78 Å². The van der Waals surface area contributed by atoms with Crippen molar-refractivity contribution in [2.24, 2.45) is 0 Å². The number of piperazine rings is 3. The first-order valence-corrected chi connectivity index (χ1v) is 48.5. The first kappa shape index (κ1) is 93.4. The summed E-state index contributed by atoms with van der Waals surface area (Å²) in [5.74, 6) is 1.30. The minimum absolute atomic E-state index is 0.0457. The molecule has 136 heavy (non-hydrogen) atoms. The third kappa shape index (κ3) is 20.6. The lowest BCUT2D eigenvalue weighted by Gasteiger charge is -2.43. The Morgan fingerprint density at radius 1 is 0.559 bits per heavy atom. The van der Waals surface area contributed by atoms with Gasteiger partial charge in [0.25, 0.3) is 16.7 Å². The van der Waals surface area contributed by atoms with Gasteiger partial charge in [-0.15, -0.1) is 22.1 Å². The van der Waals surface area contributed by atoms with Gasteiger partial charge in [-0.3, -0.25) is 42.4 Å². The van der Waals surface area contributed by atoms with Crippen molar-refractivity contribution < 1.29 is 35.9 Å². The van der Waals surface area contributed by atoms with E-state index in [1.54, 1.807) is 71.8 Å². The molecule has 14 aromatic rings. The molecule has 15 heterocycles. The molecule has 3 atom stereocenters. The monoisotopic (exact) mass is 1910 g/mol. The van der Waals surface area contributed by atoms with Crippen molar-refractivity contribution in [1.82, 2.24) is 98.7 Å². The molecule has 0 radical (unpaired) electrons. The number of amides is 1. The number of carbonyl (C=O) groups excluding carboxylic acids is 1. The second kappa shape index (κ2) is 39.7. The number of hydrogen-bond donors (Lipinski definition) is 8. The molecule has 3 unspecified atom stereocenters. The van der Waals surface area contributed by atoms with Crippen molar-refractivity contribution in [2.75, 3.05) is 122 Å². The number of fused-ring (bicyclic) bond motifs is 3. The van der Waals surface area contributed by atoms with Crippen LogP contribution in [0.4, 0.5) is 73.9 Å². The maximum atomic E-state index is 15.3. The average Bonchev–Trinajstić information content (AvgIpc) is 1.08. The molecule has 8 N–H and O–H groups in total. The Labute approximate surface area is 789 Å². The number of aromatic nitrogens is 15. The van der Waals surface area contributed by atoms with Gasteiger partial charge < -0.3 is 51.5 Å². The standard InChI is InChI=1S/C37H39FN8O2.C31H37F4N9O3S.C28H26ClN9OS/c1-23-22-44(18-16-39-23)33-15-12-27(20-31(33)38)42-37-40-21-26-19-30(36(48)46(35(26)43-37)28-9-5-4-6-10-28)29-13-14-32(41-24(29)2)34-11-7-8-17-45(34)25(3)47;1-18-14-37-27(20-6-9-42(10-7-20)48(3,46)47)40-26(18)23-12-21-16-38-30(41-28(21)44(29(23)45)17-31(33,34)35)39-22-4-5-25(24(32)13-22)43-11-8-36-15-19(43)2;1-16-21(15-32-24(34-16)17-2-3-17)20-12-18-14-33-27(36-25(18)38(26(20)39)28-31-8-11-40-28)35-19-4-5-23(22(29)13-19)37-9-6-30-7-10-37/h4-6,9-10,12-15,19-21,23,34,39H,7-8,11,16-18,22H2,1-3H3,(H,40,42,43);4-5,12-14,16,19-20,36,46-47H,6-11,15,17H2,1-3H3,(H,38,39,41);4-5,8,11-15,17,30H,2-3,6-7,9-10H2,1H3,(H,33,35,36). The fourth-order valence-electron chi connectivity index (χ4n) is 18.2. The summed E-state index contributed by atoms with van der Waals surface area (Å²) in [6.45, 7) is 19.2. The minimum Gasteiger partial charge on any atom is -0.368 e. The van der Waals surface area contributed by atoms with Crippen molar-refractivity contribution in [2.45, 2.75) is 129 Å². The van der Waals surface area contributed by atoms with Crippen LogP contribution in [0.5, 0.6) is 0 Å². The van der Waals surface area contributed by atoms with E-state index in [1.807, 2.05) is 114 Å².